The SMILES string of the molecule is COC(=O)[C@H](N)CCC1CC1(F)F.Cl. The molecule has 2 N–H and O–H groups in total. The molecule has 1 aliphatic carbocycles. The molecule has 1 fully saturated rings. The number of nitrogens with two attached hydrogens (primary N) is 1. The number of rotatable bonds is 4. The third kappa shape index (κ3) is 3.38. The topological polar surface area (TPSA) is 52.3 Å². The van der Waals surface area contributed by atoms with E-state index in [0.29, 0.717) is 6.42 Å². The van der Waals surface area contributed by atoms with Crippen LogP contribution >= 0.6 is 12.4 Å². The van der Waals surface area contributed by atoms with Gasteiger partial charge in [-0.05, 0) is 12.8 Å². The van der Waals surface area contributed by atoms with E-state index in [0.717, 1.165) is 0 Å². The van der Waals surface area contributed by atoms with E-state index in [2.05, 4.69) is 4.74 Å². The molecule has 0 heterocycles. The Hall–Kier alpha value is -0.420. The van der Waals surface area contributed by atoms with Crippen LogP contribution in [-0.4, -0.2) is 25.0 Å². The number of carbonyl (C=O) groups excluding carboxylic acids is 1. The summed E-state index contributed by atoms with van der Waals surface area (Å²) in [4.78, 5) is 10.8. The number of ether oxygens (including phenoxy) is 1. The van der Waals surface area contributed by atoms with E-state index >= 15 is 0 Å². The van der Waals surface area contributed by atoms with Gasteiger partial charge in [0.15, 0.2) is 0 Å². The second kappa shape index (κ2) is 4.89. The maximum absolute atomic E-state index is 12.4. The van der Waals surface area contributed by atoms with E-state index in [-0.39, 0.29) is 25.2 Å². The third-order valence-corrected chi connectivity index (χ3v) is 2.29. The van der Waals surface area contributed by atoms with Gasteiger partial charge >= 0.3 is 5.97 Å². The van der Waals surface area contributed by atoms with Gasteiger partial charge in [-0.3, -0.25) is 4.79 Å². The second-order valence-corrected chi connectivity index (χ2v) is 3.37. The Bertz CT molecular complexity index is 214. The van der Waals surface area contributed by atoms with E-state index in [9.17, 15) is 13.6 Å². The van der Waals surface area contributed by atoms with Crippen molar-refractivity contribution in [3.63, 3.8) is 0 Å². The first kappa shape index (κ1) is 13.6. The van der Waals surface area contributed by atoms with Crippen LogP contribution in [0.2, 0.25) is 0 Å². The minimum Gasteiger partial charge on any atom is -0.468 e. The zero-order valence-corrected chi connectivity index (χ0v) is 8.65. The summed E-state index contributed by atoms with van der Waals surface area (Å²) in [5.41, 5.74) is 5.37. The van der Waals surface area contributed by atoms with Crippen molar-refractivity contribution >= 4 is 18.4 Å². The highest BCUT2D eigenvalue weighted by molar-refractivity contribution is 5.85. The monoisotopic (exact) mass is 229 g/mol. The average Bonchev–Trinajstić information content (AvgIpc) is 2.68. The van der Waals surface area contributed by atoms with Crippen LogP contribution < -0.4 is 5.73 Å². The van der Waals surface area contributed by atoms with Crippen molar-refractivity contribution in [3.05, 3.63) is 0 Å². The molecule has 0 aromatic heterocycles. The Morgan fingerprint density at radius 3 is 2.57 bits per heavy atom. The smallest absolute Gasteiger partial charge is 0.322 e. The summed E-state index contributed by atoms with van der Waals surface area (Å²) < 4.78 is 29.1. The lowest BCUT2D eigenvalue weighted by molar-refractivity contribution is -0.142. The predicted molar refractivity (Wildman–Crippen MR) is 49.5 cm³/mol. The average molecular weight is 230 g/mol. The molecule has 0 amide bonds. The molecule has 1 rings (SSSR count). The minimum atomic E-state index is -2.52. The standard InChI is InChI=1S/C8H13F2NO2.ClH/c1-13-7(12)6(11)3-2-5-4-8(5,9)10;/h5-6H,2-4,11H2,1H3;1H/t5?,6-;/m1./s1. The van der Waals surface area contributed by atoms with Crippen molar-refractivity contribution in [2.45, 2.75) is 31.2 Å². The molecule has 0 aliphatic heterocycles. The summed E-state index contributed by atoms with van der Waals surface area (Å²) in [6, 6.07) is -0.763. The lowest BCUT2D eigenvalue weighted by Gasteiger charge is -2.07. The number of esters is 1. The lowest BCUT2D eigenvalue weighted by Crippen LogP contribution is -2.31. The van der Waals surface area contributed by atoms with E-state index < -0.39 is 23.9 Å². The summed E-state index contributed by atoms with van der Waals surface area (Å²) in [7, 11) is 1.23. The summed E-state index contributed by atoms with van der Waals surface area (Å²) in [6.45, 7) is 0. The maximum atomic E-state index is 12.4. The van der Waals surface area contributed by atoms with Gasteiger partial charge in [0.05, 0.1) is 7.11 Å². The maximum Gasteiger partial charge on any atom is 0.322 e. The van der Waals surface area contributed by atoms with Gasteiger partial charge in [-0.1, -0.05) is 0 Å². The molecule has 1 saturated carbocycles. The molecule has 6 heteroatoms. The molecule has 0 spiro atoms. The van der Waals surface area contributed by atoms with Crippen molar-refractivity contribution in [3.8, 4) is 0 Å². The number of alkyl halides is 2. The molecule has 0 bridgehead atoms. The van der Waals surface area contributed by atoms with Crippen LogP contribution in [0.15, 0.2) is 0 Å². The molecule has 14 heavy (non-hydrogen) atoms. The van der Waals surface area contributed by atoms with Crippen molar-refractivity contribution in [1.29, 1.82) is 0 Å². The molecule has 0 aromatic carbocycles. The van der Waals surface area contributed by atoms with Crippen LogP contribution in [0.4, 0.5) is 8.78 Å². The fourth-order valence-corrected chi connectivity index (χ4v) is 1.23. The van der Waals surface area contributed by atoms with E-state index in [1.54, 1.807) is 0 Å². The van der Waals surface area contributed by atoms with Crippen molar-refractivity contribution in [2.24, 2.45) is 11.7 Å². The predicted octanol–water partition coefficient (Wildman–Crippen LogP) is 1.34. The number of hydrogen-bond acceptors (Lipinski definition) is 3. The quantitative estimate of drug-likeness (QED) is 0.741. The molecule has 84 valence electrons. The highest BCUT2D eigenvalue weighted by Gasteiger charge is 2.56. The van der Waals surface area contributed by atoms with Crippen LogP contribution in [0.25, 0.3) is 0 Å². The molecule has 0 radical (unpaired) electrons. The fourth-order valence-electron chi connectivity index (χ4n) is 1.23. The Kier molecular flexibility index (Phi) is 4.74. The van der Waals surface area contributed by atoms with Crippen molar-refractivity contribution < 1.29 is 18.3 Å². The largest absolute Gasteiger partial charge is 0.468 e. The summed E-state index contributed by atoms with van der Waals surface area (Å²) in [6.07, 6.45) is 0.497. The van der Waals surface area contributed by atoms with Gasteiger partial charge < -0.3 is 10.5 Å². The van der Waals surface area contributed by atoms with Gasteiger partial charge in [0.25, 0.3) is 5.92 Å². The Balaban J connectivity index is 0.00000169. The summed E-state index contributed by atoms with van der Waals surface area (Å²) in [5.74, 6) is -3.64. The van der Waals surface area contributed by atoms with Gasteiger partial charge in [-0.25, -0.2) is 8.78 Å². The first-order chi connectivity index (χ1) is 5.97. The molecular formula is C8H14ClF2NO2. The Morgan fingerprint density at radius 2 is 2.21 bits per heavy atom. The van der Waals surface area contributed by atoms with Gasteiger partial charge in [0.2, 0.25) is 0 Å². The van der Waals surface area contributed by atoms with E-state index in [1.807, 2.05) is 0 Å². The molecule has 1 aliphatic rings. The van der Waals surface area contributed by atoms with E-state index in [4.69, 9.17) is 5.73 Å². The van der Waals surface area contributed by atoms with Crippen LogP contribution in [0, 0.1) is 5.92 Å². The molecule has 3 nitrogen and oxygen atoms in total. The van der Waals surface area contributed by atoms with Gasteiger partial charge in [-0.15, -0.1) is 12.4 Å². The second-order valence-electron chi connectivity index (χ2n) is 3.37. The highest BCUT2D eigenvalue weighted by Crippen LogP contribution is 2.51. The molecule has 2 atom stereocenters. The number of carbonyl (C=O) groups is 1. The Morgan fingerprint density at radius 1 is 1.71 bits per heavy atom. The van der Waals surface area contributed by atoms with Crippen LogP contribution in [0.5, 0.6) is 0 Å². The molecule has 0 aromatic rings. The van der Waals surface area contributed by atoms with Gasteiger partial charge in [0.1, 0.15) is 6.04 Å². The lowest BCUT2D eigenvalue weighted by atomic mass is 10.1. The molecule has 0 saturated heterocycles. The first-order valence-electron chi connectivity index (χ1n) is 4.18. The van der Waals surface area contributed by atoms with Crippen molar-refractivity contribution in [2.75, 3.05) is 7.11 Å². The van der Waals surface area contributed by atoms with Crippen LogP contribution in [0.3, 0.4) is 0 Å². The minimum absolute atomic E-state index is 0. The van der Waals surface area contributed by atoms with Crippen molar-refractivity contribution in [1.82, 2.24) is 0 Å². The Labute approximate surface area is 87.4 Å². The summed E-state index contributed by atoms with van der Waals surface area (Å²) in [5, 5.41) is 0. The molecule has 1 unspecified atom stereocenters. The third-order valence-electron chi connectivity index (χ3n) is 2.29. The zero-order chi connectivity index (χ0) is 10.1. The summed E-state index contributed by atoms with van der Waals surface area (Å²) >= 11 is 0. The normalized spacial score (nSPS) is 24.7. The van der Waals surface area contributed by atoms with Gasteiger partial charge in [-0.2, -0.15) is 0 Å². The highest BCUT2D eigenvalue weighted by atomic mass is 35.5. The number of halogens is 3. The number of methoxy groups -OCH3 is 1. The van der Waals surface area contributed by atoms with Crippen LogP contribution in [-0.2, 0) is 9.53 Å². The number of hydrogen-bond donors (Lipinski definition) is 1. The fraction of sp³-hybridized carbons (Fsp3) is 0.875. The molecular weight excluding hydrogens is 216 g/mol. The van der Waals surface area contributed by atoms with Gasteiger partial charge in [0, 0.05) is 12.3 Å². The van der Waals surface area contributed by atoms with E-state index in [1.165, 1.54) is 7.11 Å². The zero-order valence-electron chi connectivity index (χ0n) is 7.83. The first-order valence-corrected chi connectivity index (χ1v) is 4.18. The van der Waals surface area contributed by atoms with Crippen LogP contribution in [0.1, 0.15) is 19.3 Å².